The molecule has 0 spiro atoms. The van der Waals surface area contributed by atoms with Gasteiger partial charge in [0.1, 0.15) is 5.82 Å². The zero-order chi connectivity index (χ0) is 9.97. The fraction of sp³-hybridized carbons (Fsp3) is 0.182. The van der Waals surface area contributed by atoms with Crippen molar-refractivity contribution in [1.29, 1.82) is 0 Å². The number of hydrogen-bond donors (Lipinski definition) is 2. The number of aromatic amines is 1. The summed E-state index contributed by atoms with van der Waals surface area (Å²) in [7, 11) is 0. The molecule has 0 atom stereocenters. The minimum atomic E-state index is 0.550. The Morgan fingerprint density at radius 3 is 2.79 bits per heavy atom. The Morgan fingerprint density at radius 1 is 1.36 bits per heavy atom. The van der Waals surface area contributed by atoms with Crippen molar-refractivity contribution >= 4 is 5.82 Å². The summed E-state index contributed by atoms with van der Waals surface area (Å²) in [5.74, 6) is 0.550. The minimum Gasteiger partial charge on any atom is -0.382 e. The molecule has 14 heavy (non-hydrogen) atoms. The number of nitrogen functional groups attached to an aromatic ring is 1. The van der Waals surface area contributed by atoms with E-state index in [1.807, 2.05) is 18.2 Å². The van der Waals surface area contributed by atoms with E-state index in [1.165, 1.54) is 11.1 Å². The molecule has 3 N–H and O–H groups in total. The van der Waals surface area contributed by atoms with Crippen molar-refractivity contribution in [2.24, 2.45) is 0 Å². The lowest BCUT2D eigenvalue weighted by Crippen LogP contribution is -1.91. The van der Waals surface area contributed by atoms with Crippen LogP contribution < -0.4 is 5.73 Å². The second-order valence-electron chi connectivity index (χ2n) is 3.42. The van der Waals surface area contributed by atoms with Crippen molar-refractivity contribution in [3.8, 4) is 0 Å². The van der Waals surface area contributed by atoms with Crippen LogP contribution in [-0.4, -0.2) is 10.2 Å². The van der Waals surface area contributed by atoms with Crippen LogP contribution >= 0.6 is 0 Å². The molecule has 0 saturated heterocycles. The number of hydrogen-bond acceptors (Lipinski definition) is 2. The number of anilines is 1. The standard InChI is InChI=1S/C11H13N3/c1-8-4-2-3-5-9(8)6-10-7-11(12)14-13-10/h2-5,7H,6H2,1H3,(H3,12,13,14). The van der Waals surface area contributed by atoms with Crippen molar-refractivity contribution < 1.29 is 0 Å². The van der Waals surface area contributed by atoms with E-state index in [4.69, 9.17) is 5.73 Å². The van der Waals surface area contributed by atoms with Gasteiger partial charge in [0.05, 0.1) is 0 Å². The van der Waals surface area contributed by atoms with Gasteiger partial charge in [0.15, 0.2) is 0 Å². The molecule has 0 amide bonds. The molecule has 0 unspecified atom stereocenters. The number of H-pyrrole nitrogens is 1. The number of aromatic nitrogens is 2. The Labute approximate surface area is 83.0 Å². The summed E-state index contributed by atoms with van der Waals surface area (Å²) in [6.45, 7) is 2.11. The summed E-state index contributed by atoms with van der Waals surface area (Å²) >= 11 is 0. The van der Waals surface area contributed by atoms with Crippen LogP contribution in [0.5, 0.6) is 0 Å². The van der Waals surface area contributed by atoms with Gasteiger partial charge in [-0.2, -0.15) is 5.10 Å². The zero-order valence-corrected chi connectivity index (χ0v) is 8.12. The van der Waals surface area contributed by atoms with E-state index in [9.17, 15) is 0 Å². The van der Waals surface area contributed by atoms with Gasteiger partial charge in [-0.15, -0.1) is 0 Å². The van der Waals surface area contributed by atoms with E-state index < -0.39 is 0 Å². The molecule has 1 aromatic carbocycles. The highest BCUT2D eigenvalue weighted by atomic mass is 15.1. The molecule has 2 aromatic rings. The molecule has 0 aliphatic rings. The van der Waals surface area contributed by atoms with E-state index in [0.29, 0.717) is 5.82 Å². The lowest BCUT2D eigenvalue weighted by molar-refractivity contribution is 0.993. The molecule has 3 nitrogen and oxygen atoms in total. The molecule has 3 heteroatoms. The van der Waals surface area contributed by atoms with E-state index in [2.05, 4.69) is 29.3 Å². The van der Waals surface area contributed by atoms with E-state index in [1.54, 1.807) is 0 Å². The Hall–Kier alpha value is -1.77. The summed E-state index contributed by atoms with van der Waals surface area (Å²) in [6, 6.07) is 10.2. The molecule has 2 rings (SSSR count). The van der Waals surface area contributed by atoms with Crippen LogP contribution in [0.1, 0.15) is 16.8 Å². The van der Waals surface area contributed by atoms with Gasteiger partial charge in [0.2, 0.25) is 0 Å². The molecule has 0 bridgehead atoms. The van der Waals surface area contributed by atoms with Gasteiger partial charge in [-0.1, -0.05) is 24.3 Å². The van der Waals surface area contributed by atoms with Crippen LogP contribution in [0.15, 0.2) is 30.3 Å². The van der Waals surface area contributed by atoms with Crippen LogP contribution in [0.2, 0.25) is 0 Å². The molecular formula is C11H13N3. The summed E-state index contributed by atoms with van der Waals surface area (Å²) < 4.78 is 0. The van der Waals surface area contributed by atoms with Gasteiger partial charge in [-0.05, 0) is 18.1 Å². The monoisotopic (exact) mass is 187 g/mol. The Morgan fingerprint density at radius 2 is 2.14 bits per heavy atom. The third-order valence-corrected chi connectivity index (χ3v) is 2.29. The maximum Gasteiger partial charge on any atom is 0.145 e. The van der Waals surface area contributed by atoms with Crippen LogP contribution in [0.3, 0.4) is 0 Å². The van der Waals surface area contributed by atoms with Crippen molar-refractivity contribution in [3.63, 3.8) is 0 Å². The third kappa shape index (κ3) is 1.76. The smallest absolute Gasteiger partial charge is 0.145 e. The third-order valence-electron chi connectivity index (χ3n) is 2.29. The maximum atomic E-state index is 5.53. The molecular weight excluding hydrogens is 174 g/mol. The Balaban J connectivity index is 2.23. The van der Waals surface area contributed by atoms with Gasteiger partial charge in [0.25, 0.3) is 0 Å². The average Bonchev–Trinajstić information content (AvgIpc) is 2.56. The number of nitrogens with zero attached hydrogens (tertiary/aromatic N) is 1. The van der Waals surface area contributed by atoms with Crippen LogP contribution in [0.25, 0.3) is 0 Å². The summed E-state index contributed by atoms with van der Waals surface area (Å²) in [6.07, 6.45) is 0.858. The minimum absolute atomic E-state index is 0.550. The van der Waals surface area contributed by atoms with Gasteiger partial charge < -0.3 is 5.73 Å². The first-order valence-corrected chi connectivity index (χ1v) is 4.60. The normalized spacial score (nSPS) is 10.4. The van der Waals surface area contributed by atoms with Gasteiger partial charge in [-0.25, -0.2) is 0 Å². The number of aryl methyl sites for hydroxylation is 1. The molecule has 0 aliphatic carbocycles. The number of nitrogens with one attached hydrogen (secondary N) is 1. The van der Waals surface area contributed by atoms with Gasteiger partial charge in [0, 0.05) is 18.2 Å². The van der Waals surface area contributed by atoms with Gasteiger partial charge in [-0.3, -0.25) is 5.10 Å². The second-order valence-corrected chi connectivity index (χ2v) is 3.42. The highest BCUT2D eigenvalue weighted by Gasteiger charge is 2.01. The first-order chi connectivity index (χ1) is 6.75. The van der Waals surface area contributed by atoms with Crippen molar-refractivity contribution in [3.05, 3.63) is 47.2 Å². The first-order valence-electron chi connectivity index (χ1n) is 4.60. The highest BCUT2D eigenvalue weighted by molar-refractivity contribution is 5.34. The molecule has 1 aromatic heterocycles. The molecule has 0 saturated carbocycles. The zero-order valence-electron chi connectivity index (χ0n) is 8.12. The first kappa shape index (κ1) is 8.81. The van der Waals surface area contributed by atoms with Crippen molar-refractivity contribution in [1.82, 2.24) is 10.2 Å². The fourth-order valence-corrected chi connectivity index (χ4v) is 1.48. The molecule has 0 radical (unpaired) electrons. The van der Waals surface area contributed by atoms with E-state index in [-0.39, 0.29) is 0 Å². The predicted octanol–water partition coefficient (Wildman–Crippen LogP) is 1.89. The maximum absolute atomic E-state index is 5.53. The fourth-order valence-electron chi connectivity index (χ4n) is 1.48. The molecule has 72 valence electrons. The second kappa shape index (κ2) is 3.54. The Bertz CT molecular complexity index is 432. The SMILES string of the molecule is Cc1ccccc1Cc1cc(N)n[nH]1. The molecule has 1 heterocycles. The average molecular weight is 187 g/mol. The predicted molar refractivity (Wildman–Crippen MR) is 57.0 cm³/mol. The number of nitrogens with two attached hydrogens (primary N) is 1. The largest absolute Gasteiger partial charge is 0.382 e. The van der Waals surface area contributed by atoms with E-state index in [0.717, 1.165) is 12.1 Å². The van der Waals surface area contributed by atoms with E-state index >= 15 is 0 Å². The lowest BCUT2D eigenvalue weighted by atomic mass is 10.0. The summed E-state index contributed by atoms with van der Waals surface area (Å²) in [4.78, 5) is 0. The van der Waals surface area contributed by atoms with Crippen LogP contribution in [-0.2, 0) is 6.42 Å². The quantitative estimate of drug-likeness (QED) is 0.754. The van der Waals surface area contributed by atoms with Crippen LogP contribution in [0.4, 0.5) is 5.82 Å². The summed E-state index contributed by atoms with van der Waals surface area (Å²) in [5.41, 5.74) is 9.17. The Kier molecular flexibility index (Phi) is 2.23. The topological polar surface area (TPSA) is 54.7 Å². The highest BCUT2D eigenvalue weighted by Crippen LogP contribution is 2.12. The van der Waals surface area contributed by atoms with Crippen LogP contribution in [0, 0.1) is 6.92 Å². The van der Waals surface area contributed by atoms with Crippen molar-refractivity contribution in [2.45, 2.75) is 13.3 Å². The molecule has 0 fully saturated rings. The lowest BCUT2D eigenvalue weighted by Gasteiger charge is -2.02. The number of rotatable bonds is 2. The number of benzene rings is 1. The molecule has 0 aliphatic heterocycles. The summed E-state index contributed by atoms with van der Waals surface area (Å²) in [5, 5.41) is 6.80. The van der Waals surface area contributed by atoms with Crippen molar-refractivity contribution in [2.75, 3.05) is 5.73 Å². The van der Waals surface area contributed by atoms with Gasteiger partial charge >= 0.3 is 0 Å².